The lowest BCUT2D eigenvalue weighted by Crippen LogP contribution is -2.39. The van der Waals surface area contributed by atoms with E-state index in [4.69, 9.17) is 11.6 Å². The highest BCUT2D eigenvalue weighted by Gasteiger charge is 2.16. The van der Waals surface area contributed by atoms with Crippen molar-refractivity contribution in [1.29, 1.82) is 0 Å². The second-order valence-electron chi connectivity index (χ2n) is 4.11. The zero-order valence-electron chi connectivity index (χ0n) is 9.64. The van der Waals surface area contributed by atoms with Crippen LogP contribution >= 0.6 is 34.2 Å². The van der Waals surface area contributed by atoms with E-state index in [1.807, 2.05) is 13.8 Å². The van der Waals surface area contributed by atoms with Crippen molar-refractivity contribution in [1.82, 2.24) is 5.32 Å². The van der Waals surface area contributed by atoms with Crippen molar-refractivity contribution in [2.75, 3.05) is 4.43 Å². The molecule has 1 aromatic carbocycles. The van der Waals surface area contributed by atoms with Crippen LogP contribution in [-0.4, -0.2) is 16.4 Å². The van der Waals surface area contributed by atoms with Crippen LogP contribution < -0.4 is 5.32 Å². The Labute approximate surface area is 119 Å². The third-order valence-electron chi connectivity index (χ3n) is 2.47. The molecule has 0 saturated heterocycles. The minimum atomic E-state index is -0.574. The zero-order chi connectivity index (χ0) is 13.0. The molecule has 1 atom stereocenters. The smallest absolute Gasteiger partial charge is 0.251 e. The van der Waals surface area contributed by atoms with Crippen LogP contribution in [0.1, 0.15) is 24.2 Å². The van der Waals surface area contributed by atoms with Gasteiger partial charge in [-0.2, -0.15) is 0 Å². The van der Waals surface area contributed by atoms with Crippen LogP contribution in [0, 0.1) is 11.7 Å². The average molecular weight is 370 g/mol. The maximum absolute atomic E-state index is 13.2. The van der Waals surface area contributed by atoms with Crippen molar-refractivity contribution >= 4 is 40.1 Å². The highest BCUT2D eigenvalue weighted by molar-refractivity contribution is 14.1. The van der Waals surface area contributed by atoms with Crippen LogP contribution in [-0.2, 0) is 0 Å². The number of carbonyl (C=O) groups excluding carboxylic acids is 1. The summed E-state index contributed by atoms with van der Waals surface area (Å²) in [6.07, 6.45) is 0. The number of benzene rings is 1. The van der Waals surface area contributed by atoms with Crippen LogP contribution in [0.4, 0.5) is 4.39 Å². The first-order valence-corrected chi connectivity index (χ1v) is 7.18. The first-order chi connectivity index (χ1) is 7.95. The van der Waals surface area contributed by atoms with Crippen molar-refractivity contribution < 1.29 is 9.18 Å². The molecular formula is C12H14ClFINO. The number of hydrogen-bond donors (Lipinski definition) is 1. The fraction of sp³-hybridized carbons (Fsp3) is 0.417. The zero-order valence-corrected chi connectivity index (χ0v) is 12.5. The third-order valence-corrected chi connectivity index (χ3v) is 3.72. The molecule has 5 heteroatoms. The summed E-state index contributed by atoms with van der Waals surface area (Å²) in [5.41, 5.74) is 0.294. The van der Waals surface area contributed by atoms with Gasteiger partial charge in [0.1, 0.15) is 5.82 Å². The fourth-order valence-electron chi connectivity index (χ4n) is 1.27. The Morgan fingerprint density at radius 2 is 2.18 bits per heavy atom. The lowest BCUT2D eigenvalue weighted by Gasteiger charge is -2.19. The standard InChI is InChI=1S/C12H14ClFINO/c1-7(2)11(6-15)16-12(17)8-3-4-9(13)10(14)5-8/h3-5,7,11H,6H2,1-2H3,(H,16,17). The first-order valence-electron chi connectivity index (χ1n) is 5.27. The summed E-state index contributed by atoms with van der Waals surface area (Å²) in [5, 5.41) is 2.90. The lowest BCUT2D eigenvalue weighted by molar-refractivity contribution is 0.0931. The van der Waals surface area contributed by atoms with E-state index in [1.54, 1.807) is 0 Å². The fourth-order valence-corrected chi connectivity index (χ4v) is 2.63. The van der Waals surface area contributed by atoms with Gasteiger partial charge >= 0.3 is 0 Å². The number of amides is 1. The van der Waals surface area contributed by atoms with Gasteiger partial charge in [-0.1, -0.05) is 48.0 Å². The summed E-state index contributed by atoms with van der Waals surface area (Å²) in [4.78, 5) is 11.9. The summed E-state index contributed by atoms with van der Waals surface area (Å²) in [5.74, 6) is -0.501. The predicted molar refractivity (Wildman–Crippen MR) is 76.4 cm³/mol. The van der Waals surface area contributed by atoms with E-state index in [-0.39, 0.29) is 17.0 Å². The Bertz CT molecular complexity index is 411. The largest absolute Gasteiger partial charge is 0.348 e. The Hall–Kier alpha value is -0.360. The van der Waals surface area contributed by atoms with Gasteiger partial charge in [0.2, 0.25) is 0 Å². The molecule has 0 aliphatic carbocycles. The third kappa shape index (κ3) is 4.10. The summed E-state index contributed by atoms with van der Waals surface area (Å²) in [7, 11) is 0. The molecule has 0 spiro atoms. The molecule has 0 bridgehead atoms. The van der Waals surface area contributed by atoms with E-state index in [0.29, 0.717) is 11.5 Å². The van der Waals surface area contributed by atoms with Crippen molar-refractivity contribution in [2.24, 2.45) is 5.92 Å². The van der Waals surface area contributed by atoms with Crippen molar-refractivity contribution in [3.05, 3.63) is 34.6 Å². The average Bonchev–Trinajstić information content (AvgIpc) is 2.28. The van der Waals surface area contributed by atoms with Crippen molar-refractivity contribution in [3.8, 4) is 0 Å². The van der Waals surface area contributed by atoms with E-state index in [1.165, 1.54) is 12.1 Å². The molecule has 0 saturated carbocycles. The van der Waals surface area contributed by atoms with Gasteiger partial charge in [0, 0.05) is 16.0 Å². The van der Waals surface area contributed by atoms with Gasteiger partial charge in [-0.25, -0.2) is 4.39 Å². The molecule has 0 radical (unpaired) electrons. The van der Waals surface area contributed by atoms with Gasteiger partial charge in [0.15, 0.2) is 0 Å². The second kappa shape index (κ2) is 6.54. The minimum Gasteiger partial charge on any atom is -0.348 e. The van der Waals surface area contributed by atoms with Gasteiger partial charge in [0.25, 0.3) is 5.91 Å². The maximum Gasteiger partial charge on any atom is 0.251 e. The minimum absolute atomic E-state index is 0.0239. The monoisotopic (exact) mass is 369 g/mol. The number of hydrogen-bond acceptors (Lipinski definition) is 1. The number of alkyl halides is 1. The molecule has 1 N–H and O–H groups in total. The number of halogens is 3. The predicted octanol–water partition coefficient (Wildman–Crippen LogP) is 3.67. The molecule has 1 rings (SSSR count). The van der Waals surface area contributed by atoms with Crippen molar-refractivity contribution in [2.45, 2.75) is 19.9 Å². The van der Waals surface area contributed by atoms with E-state index in [9.17, 15) is 9.18 Å². The highest BCUT2D eigenvalue weighted by Crippen LogP contribution is 2.16. The molecule has 1 unspecified atom stereocenters. The molecule has 0 fully saturated rings. The number of nitrogens with one attached hydrogen (secondary N) is 1. The van der Waals surface area contributed by atoms with Gasteiger partial charge in [-0.15, -0.1) is 0 Å². The summed E-state index contributed by atoms with van der Waals surface area (Å²) in [6.45, 7) is 4.07. The quantitative estimate of drug-likeness (QED) is 0.637. The first kappa shape index (κ1) is 14.7. The topological polar surface area (TPSA) is 29.1 Å². The second-order valence-corrected chi connectivity index (χ2v) is 5.40. The van der Waals surface area contributed by atoms with Crippen LogP contribution in [0.25, 0.3) is 0 Å². The normalized spacial score (nSPS) is 12.6. The van der Waals surface area contributed by atoms with E-state index < -0.39 is 5.82 Å². The van der Waals surface area contributed by atoms with E-state index >= 15 is 0 Å². The summed E-state index contributed by atoms with van der Waals surface area (Å²) >= 11 is 7.78. The Morgan fingerprint density at radius 3 is 2.65 bits per heavy atom. The lowest BCUT2D eigenvalue weighted by atomic mass is 10.1. The number of rotatable bonds is 4. The molecule has 2 nitrogen and oxygen atoms in total. The Kier molecular flexibility index (Phi) is 5.66. The Morgan fingerprint density at radius 1 is 1.53 bits per heavy atom. The Balaban J connectivity index is 2.79. The molecule has 0 heterocycles. The molecule has 1 amide bonds. The molecule has 0 aliphatic heterocycles. The highest BCUT2D eigenvalue weighted by atomic mass is 127. The van der Waals surface area contributed by atoms with E-state index in [2.05, 4.69) is 27.9 Å². The van der Waals surface area contributed by atoms with Gasteiger partial charge in [-0.3, -0.25) is 4.79 Å². The molecule has 0 aliphatic rings. The van der Waals surface area contributed by atoms with E-state index in [0.717, 1.165) is 10.5 Å². The van der Waals surface area contributed by atoms with Crippen LogP contribution in [0.2, 0.25) is 5.02 Å². The molecule has 94 valence electrons. The van der Waals surface area contributed by atoms with Gasteiger partial charge in [-0.05, 0) is 24.1 Å². The van der Waals surface area contributed by atoms with Crippen LogP contribution in [0.5, 0.6) is 0 Å². The van der Waals surface area contributed by atoms with Crippen LogP contribution in [0.15, 0.2) is 18.2 Å². The molecule has 17 heavy (non-hydrogen) atoms. The van der Waals surface area contributed by atoms with Crippen molar-refractivity contribution in [3.63, 3.8) is 0 Å². The van der Waals surface area contributed by atoms with Gasteiger partial charge < -0.3 is 5.32 Å². The number of carbonyl (C=O) groups is 1. The summed E-state index contributed by atoms with van der Waals surface area (Å²) in [6, 6.07) is 4.15. The summed E-state index contributed by atoms with van der Waals surface area (Å²) < 4.78 is 14.0. The molecule has 0 aromatic heterocycles. The molecule has 1 aromatic rings. The van der Waals surface area contributed by atoms with Gasteiger partial charge in [0.05, 0.1) is 5.02 Å². The molecular weight excluding hydrogens is 355 g/mol. The maximum atomic E-state index is 13.2. The van der Waals surface area contributed by atoms with Crippen LogP contribution in [0.3, 0.4) is 0 Å². The SMILES string of the molecule is CC(C)C(CI)NC(=O)c1ccc(Cl)c(F)c1.